The standard InChI is InChI=1S/C17H21N3S/c1-2-6-18-16(4-1)12-19-8-14-10-20(11-15(14)9-19)13-17-5-3-7-21-17/h1-7,14-15H,8-13H2. The van der Waals surface area contributed by atoms with Crippen LogP contribution in [0.1, 0.15) is 10.6 Å². The minimum absolute atomic E-state index is 0.855. The Bertz CT molecular complexity index is 555. The third kappa shape index (κ3) is 3.03. The van der Waals surface area contributed by atoms with Crippen LogP contribution in [-0.2, 0) is 13.1 Å². The van der Waals surface area contributed by atoms with E-state index in [0.29, 0.717) is 0 Å². The van der Waals surface area contributed by atoms with Crippen molar-refractivity contribution in [1.82, 2.24) is 14.8 Å². The summed E-state index contributed by atoms with van der Waals surface area (Å²) in [6, 6.07) is 10.6. The molecule has 4 heteroatoms. The number of rotatable bonds is 4. The van der Waals surface area contributed by atoms with E-state index in [1.54, 1.807) is 0 Å². The average Bonchev–Trinajstić information content (AvgIpc) is 3.17. The van der Waals surface area contributed by atoms with Crippen LogP contribution < -0.4 is 0 Å². The monoisotopic (exact) mass is 299 g/mol. The van der Waals surface area contributed by atoms with Crippen LogP contribution in [0.2, 0.25) is 0 Å². The fourth-order valence-corrected chi connectivity index (χ4v) is 4.54. The Morgan fingerprint density at radius 2 is 1.71 bits per heavy atom. The summed E-state index contributed by atoms with van der Waals surface area (Å²) in [5.41, 5.74) is 1.20. The van der Waals surface area contributed by atoms with E-state index in [0.717, 1.165) is 24.9 Å². The first-order chi connectivity index (χ1) is 10.4. The van der Waals surface area contributed by atoms with Crippen molar-refractivity contribution in [2.75, 3.05) is 26.2 Å². The summed E-state index contributed by atoms with van der Waals surface area (Å²) < 4.78 is 0. The Balaban J connectivity index is 1.31. The molecule has 0 amide bonds. The Morgan fingerprint density at radius 3 is 2.33 bits per heavy atom. The quantitative estimate of drug-likeness (QED) is 0.865. The van der Waals surface area contributed by atoms with Crippen LogP contribution in [-0.4, -0.2) is 41.0 Å². The molecule has 110 valence electrons. The van der Waals surface area contributed by atoms with Crippen molar-refractivity contribution in [2.24, 2.45) is 11.8 Å². The molecule has 4 heterocycles. The van der Waals surface area contributed by atoms with Gasteiger partial charge in [-0.25, -0.2) is 0 Å². The first-order valence-corrected chi connectivity index (χ1v) is 8.62. The molecule has 21 heavy (non-hydrogen) atoms. The van der Waals surface area contributed by atoms with E-state index < -0.39 is 0 Å². The van der Waals surface area contributed by atoms with Gasteiger partial charge in [-0.3, -0.25) is 14.8 Å². The number of thiophene rings is 1. The van der Waals surface area contributed by atoms with Crippen LogP contribution >= 0.6 is 11.3 Å². The van der Waals surface area contributed by atoms with Crippen molar-refractivity contribution in [3.05, 3.63) is 52.5 Å². The minimum Gasteiger partial charge on any atom is -0.298 e. The summed E-state index contributed by atoms with van der Waals surface area (Å²) in [7, 11) is 0. The zero-order valence-electron chi connectivity index (χ0n) is 12.2. The second-order valence-corrected chi connectivity index (χ2v) is 7.34. The fourth-order valence-electron chi connectivity index (χ4n) is 3.79. The number of nitrogens with zero attached hydrogens (tertiary/aromatic N) is 3. The Morgan fingerprint density at radius 1 is 0.952 bits per heavy atom. The fraction of sp³-hybridized carbons (Fsp3) is 0.471. The second-order valence-electron chi connectivity index (χ2n) is 6.31. The van der Waals surface area contributed by atoms with Gasteiger partial charge in [0.15, 0.2) is 0 Å². The van der Waals surface area contributed by atoms with Gasteiger partial charge in [0.2, 0.25) is 0 Å². The summed E-state index contributed by atoms with van der Waals surface area (Å²) >= 11 is 1.88. The highest BCUT2D eigenvalue weighted by Gasteiger charge is 2.39. The van der Waals surface area contributed by atoms with E-state index >= 15 is 0 Å². The number of fused-ring (bicyclic) bond motifs is 1. The molecule has 0 aliphatic carbocycles. The zero-order chi connectivity index (χ0) is 14.1. The molecule has 2 atom stereocenters. The van der Waals surface area contributed by atoms with E-state index in [1.807, 2.05) is 23.6 Å². The van der Waals surface area contributed by atoms with Crippen LogP contribution in [0.15, 0.2) is 41.9 Å². The lowest BCUT2D eigenvalue weighted by Gasteiger charge is -2.20. The maximum atomic E-state index is 4.45. The molecule has 0 spiro atoms. The van der Waals surface area contributed by atoms with Gasteiger partial charge in [-0.05, 0) is 35.4 Å². The lowest BCUT2D eigenvalue weighted by atomic mass is 10.0. The smallest absolute Gasteiger partial charge is 0.0543 e. The maximum Gasteiger partial charge on any atom is 0.0543 e. The summed E-state index contributed by atoms with van der Waals surface area (Å²) in [5.74, 6) is 1.71. The van der Waals surface area contributed by atoms with Gasteiger partial charge >= 0.3 is 0 Å². The molecule has 2 aromatic heterocycles. The van der Waals surface area contributed by atoms with Crippen molar-refractivity contribution in [3.8, 4) is 0 Å². The van der Waals surface area contributed by atoms with Crippen molar-refractivity contribution in [3.63, 3.8) is 0 Å². The predicted molar refractivity (Wildman–Crippen MR) is 86.1 cm³/mol. The van der Waals surface area contributed by atoms with Crippen molar-refractivity contribution in [2.45, 2.75) is 13.1 Å². The number of hydrogen-bond donors (Lipinski definition) is 0. The summed E-state index contributed by atoms with van der Waals surface area (Å²) in [4.78, 5) is 11.2. The summed E-state index contributed by atoms with van der Waals surface area (Å²) in [6.07, 6.45) is 1.90. The number of likely N-dealkylation sites (tertiary alicyclic amines) is 2. The molecule has 0 saturated carbocycles. The number of pyridine rings is 1. The molecule has 0 radical (unpaired) electrons. The van der Waals surface area contributed by atoms with E-state index in [2.05, 4.69) is 44.4 Å². The van der Waals surface area contributed by atoms with E-state index in [9.17, 15) is 0 Å². The average molecular weight is 299 g/mol. The Labute approximate surface area is 130 Å². The Hall–Kier alpha value is -1.23. The van der Waals surface area contributed by atoms with Gasteiger partial charge in [-0.1, -0.05) is 12.1 Å². The largest absolute Gasteiger partial charge is 0.298 e. The predicted octanol–water partition coefficient (Wildman–Crippen LogP) is 2.71. The molecule has 0 aromatic carbocycles. The zero-order valence-corrected chi connectivity index (χ0v) is 13.0. The summed E-state index contributed by atoms with van der Waals surface area (Å²) in [5, 5.41) is 2.18. The molecule has 2 aromatic rings. The molecular weight excluding hydrogens is 278 g/mol. The van der Waals surface area contributed by atoms with E-state index in [4.69, 9.17) is 0 Å². The van der Waals surface area contributed by atoms with Crippen molar-refractivity contribution >= 4 is 11.3 Å². The first kappa shape index (κ1) is 13.4. The van der Waals surface area contributed by atoms with Gasteiger partial charge in [0, 0.05) is 50.3 Å². The highest BCUT2D eigenvalue weighted by molar-refractivity contribution is 7.09. The van der Waals surface area contributed by atoms with Gasteiger partial charge < -0.3 is 0 Å². The minimum atomic E-state index is 0.855. The van der Waals surface area contributed by atoms with Crippen molar-refractivity contribution < 1.29 is 0 Å². The third-order valence-corrected chi connectivity index (χ3v) is 5.57. The normalized spacial score (nSPS) is 26.3. The molecule has 3 nitrogen and oxygen atoms in total. The number of aromatic nitrogens is 1. The molecule has 0 bridgehead atoms. The van der Waals surface area contributed by atoms with Gasteiger partial charge in [0.1, 0.15) is 0 Å². The third-order valence-electron chi connectivity index (χ3n) is 4.71. The van der Waals surface area contributed by atoms with Crippen LogP contribution in [0.4, 0.5) is 0 Å². The van der Waals surface area contributed by atoms with Gasteiger partial charge in [-0.15, -0.1) is 11.3 Å². The van der Waals surface area contributed by atoms with Crippen LogP contribution in [0, 0.1) is 11.8 Å². The Kier molecular flexibility index (Phi) is 3.76. The lowest BCUT2D eigenvalue weighted by Crippen LogP contribution is -2.28. The van der Waals surface area contributed by atoms with Gasteiger partial charge in [-0.2, -0.15) is 0 Å². The van der Waals surface area contributed by atoms with Gasteiger partial charge in [0.25, 0.3) is 0 Å². The lowest BCUT2D eigenvalue weighted by molar-refractivity contribution is 0.246. The molecule has 2 saturated heterocycles. The van der Waals surface area contributed by atoms with Crippen LogP contribution in [0.25, 0.3) is 0 Å². The first-order valence-electron chi connectivity index (χ1n) is 7.74. The number of hydrogen-bond acceptors (Lipinski definition) is 4. The SMILES string of the molecule is c1ccc(CN2CC3CN(Cc4cccs4)CC3C2)nc1. The maximum absolute atomic E-state index is 4.45. The van der Waals surface area contributed by atoms with Crippen molar-refractivity contribution in [1.29, 1.82) is 0 Å². The van der Waals surface area contributed by atoms with E-state index in [-0.39, 0.29) is 0 Å². The van der Waals surface area contributed by atoms with Crippen LogP contribution in [0.5, 0.6) is 0 Å². The van der Waals surface area contributed by atoms with Crippen LogP contribution in [0.3, 0.4) is 0 Å². The molecule has 2 aliphatic rings. The topological polar surface area (TPSA) is 19.4 Å². The highest BCUT2D eigenvalue weighted by atomic mass is 32.1. The van der Waals surface area contributed by atoms with E-state index in [1.165, 1.54) is 36.8 Å². The highest BCUT2D eigenvalue weighted by Crippen LogP contribution is 2.32. The molecule has 2 aliphatic heterocycles. The molecule has 0 N–H and O–H groups in total. The second kappa shape index (κ2) is 5.87. The molecule has 2 fully saturated rings. The molecule has 4 rings (SSSR count). The summed E-state index contributed by atoms with van der Waals surface area (Å²) in [6.45, 7) is 7.16. The molecular formula is C17H21N3S. The molecule has 2 unspecified atom stereocenters. The van der Waals surface area contributed by atoms with Gasteiger partial charge in [0.05, 0.1) is 5.69 Å².